The quantitative estimate of drug-likeness (QED) is 0.677. The molecule has 0 aliphatic rings. The molecule has 0 bridgehead atoms. The molecule has 8 heteroatoms. The number of thioether (sulfide) groups is 1. The standard InChI is InChI=1S/C12H10N4O2S2/c1-16-12(14-10(17)11(18)15-16)20-9-5-3-4-8(19-2)7(9)6-13/h3-5H,1-2H3,(H,15,18). The first-order chi connectivity index (χ1) is 9.56. The van der Waals surface area contributed by atoms with Crippen LogP contribution in [0.25, 0.3) is 0 Å². The Morgan fingerprint density at radius 1 is 1.35 bits per heavy atom. The number of nitrogens with one attached hydrogen (secondary N) is 1. The number of aromatic nitrogens is 3. The third-order valence-electron chi connectivity index (χ3n) is 2.47. The molecule has 0 radical (unpaired) electrons. The summed E-state index contributed by atoms with van der Waals surface area (Å²) in [6.07, 6.45) is 1.89. The van der Waals surface area contributed by atoms with E-state index in [9.17, 15) is 14.9 Å². The molecule has 0 atom stereocenters. The minimum absolute atomic E-state index is 0.323. The number of hydrogen-bond acceptors (Lipinski definition) is 6. The second-order valence-electron chi connectivity index (χ2n) is 3.75. The first kappa shape index (κ1) is 14.4. The Balaban J connectivity index is 2.51. The van der Waals surface area contributed by atoms with Gasteiger partial charge in [-0.1, -0.05) is 6.07 Å². The summed E-state index contributed by atoms with van der Waals surface area (Å²) in [6.45, 7) is 0. The lowest BCUT2D eigenvalue weighted by atomic mass is 10.2. The van der Waals surface area contributed by atoms with Crippen molar-refractivity contribution in [1.29, 1.82) is 5.26 Å². The van der Waals surface area contributed by atoms with Crippen molar-refractivity contribution in [2.24, 2.45) is 7.05 Å². The Bertz CT molecular complexity index is 804. The van der Waals surface area contributed by atoms with Crippen LogP contribution in [0, 0.1) is 11.3 Å². The lowest BCUT2D eigenvalue weighted by molar-refractivity contribution is 0.596. The highest BCUT2D eigenvalue weighted by molar-refractivity contribution is 7.99. The number of nitrogens with zero attached hydrogens (tertiary/aromatic N) is 3. The molecule has 1 aromatic carbocycles. The van der Waals surface area contributed by atoms with E-state index in [1.165, 1.54) is 16.4 Å². The average Bonchev–Trinajstić information content (AvgIpc) is 2.44. The number of H-pyrrole nitrogens is 1. The van der Waals surface area contributed by atoms with E-state index in [0.717, 1.165) is 16.7 Å². The number of aromatic amines is 1. The Morgan fingerprint density at radius 3 is 2.70 bits per heavy atom. The van der Waals surface area contributed by atoms with Gasteiger partial charge in [-0.3, -0.25) is 19.4 Å². The largest absolute Gasteiger partial charge is 0.339 e. The minimum atomic E-state index is -0.842. The summed E-state index contributed by atoms with van der Waals surface area (Å²) in [6, 6.07) is 7.62. The van der Waals surface area contributed by atoms with Gasteiger partial charge in [0.2, 0.25) is 0 Å². The van der Waals surface area contributed by atoms with Crippen LogP contribution in [0.15, 0.2) is 42.7 Å². The monoisotopic (exact) mass is 306 g/mol. The Morgan fingerprint density at radius 2 is 2.05 bits per heavy atom. The molecule has 102 valence electrons. The zero-order chi connectivity index (χ0) is 14.7. The Kier molecular flexibility index (Phi) is 4.32. The van der Waals surface area contributed by atoms with Gasteiger partial charge in [-0.15, -0.1) is 11.8 Å². The highest BCUT2D eigenvalue weighted by atomic mass is 32.2. The van der Waals surface area contributed by atoms with Gasteiger partial charge >= 0.3 is 11.1 Å². The van der Waals surface area contributed by atoms with E-state index in [1.54, 1.807) is 13.1 Å². The van der Waals surface area contributed by atoms with E-state index in [0.29, 0.717) is 15.6 Å². The van der Waals surface area contributed by atoms with Crippen molar-refractivity contribution in [3.63, 3.8) is 0 Å². The van der Waals surface area contributed by atoms with Gasteiger partial charge in [0.25, 0.3) is 0 Å². The number of rotatable bonds is 3. The maximum absolute atomic E-state index is 11.3. The normalized spacial score (nSPS) is 10.2. The highest BCUT2D eigenvalue weighted by Gasteiger charge is 2.12. The average molecular weight is 306 g/mol. The fourth-order valence-electron chi connectivity index (χ4n) is 1.53. The van der Waals surface area contributed by atoms with E-state index >= 15 is 0 Å². The maximum atomic E-state index is 11.3. The molecule has 6 nitrogen and oxygen atoms in total. The van der Waals surface area contributed by atoms with Crippen molar-refractivity contribution in [3.05, 3.63) is 44.5 Å². The first-order valence-corrected chi connectivity index (χ1v) is 7.53. The van der Waals surface area contributed by atoms with Crippen molar-refractivity contribution < 1.29 is 0 Å². The number of aryl methyl sites for hydroxylation is 1. The van der Waals surface area contributed by atoms with E-state index in [4.69, 9.17) is 0 Å². The van der Waals surface area contributed by atoms with Crippen LogP contribution in [0.5, 0.6) is 0 Å². The summed E-state index contributed by atoms with van der Waals surface area (Å²) in [5.74, 6) is 0. The minimum Gasteiger partial charge on any atom is -0.265 e. The van der Waals surface area contributed by atoms with E-state index in [1.807, 2.05) is 18.4 Å². The van der Waals surface area contributed by atoms with Gasteiger partial charge in [-0.25, -0.2) is 0 Å². The molecule has 0 aliphatic heterocycles. The lowest BCUT2D eigenvalue weighted by Gasteiger charge is -2.08. The van der Waals surface area contributed by atoms with Crippen molar-refractivity contribution in [1.82, 2.24) is 14.8 Å². The van der Waals surface area contributed by atoms with Crippen molar-refractivity contribution >= 4 is 23.5 Å². The van der Waals surface area contributed by atoms with Gasteiger partial charge in [-0.05, 0) is 30.2 Å². The molecule has 0 aliphatic carbocycles. The molecule has 0 saturated carbocycles. The molecule has 0 spiro atoms. The molecule has 2 aromatic rings. The maximum Gasteiger partial charge on any atom is 0.339 e. The van der Waals surface area contributed by atoms with Crippen LogP contribution in [-0.2, 0) is 7.05 Å². The molecule has 1 aromatic heterocycles. The molecular weight excluding hydrogens is 296 g/mol. The van der Waals surface area contributed by atoms with Gasteiger partial charge in [0.1, 0.15) is 6.07 Å². The van der Waals surface area contributed by atoms with Crippen LogP contribution in [-0.4, -0.2) is 21.0 Å². The first-order valence-electron chi connectivity index (χ1n) is 5.49. The molecule has 0 fully saturated rings. The van der Waals surface area contributed by atoms with Crippen molar-refractivity contribution in [2.75, 3.05) is 6.26 Å². The predicted molar refractivity (Wildman–Crippen MR) is 77.2 cm³/mol. The van der Waals surface area contributed by atoms with E-state index in [2.05, 4.69) is 16.2 Å². The van der Waals surface area contributed by atoms with Crippen molar-refractivity contribution in [3.8, 4) is 6.07 Å². The molecule has 0 saturated heterocycles. The van der Waals surface area contributed by atoms with Crippen LogP contribution in [0.3, 0.4) is 0 Å². The van der Waals surface area contributed by atoms with Crippen LogP contribution < -0.4 is 11.1 Å². The Labute approximate surface area is 122 Å². The third kappa shape index (κ3) is 2.79. The van der Waals surface area contributed by atoms with Crippen LogP contribution in [0.1, 0.15) is 5.56 Å². The summed E-state index contributed by atoms with van der Waals surface area (Å²) >= 11 is 2.64. The zero-order valence-electron chi connectivity index (χ0n) is 10.7. The number of hydrogen-bond donors (Lipinski definition) is 1. The second-order valence-corrected chi connectivity index (χ2v) is 5.60. The lowest BCUT2D eigenvalue weighted by Crippen LogP contribution is -2.33. The van der Waals surface area contributed by atoms with Crippen LogP contribution >= 0.6 is 23.5 Å². The summed E-state index contributed by atoms with van der Waals surface area (Å²) in [5, 5.41) is 11.9. The molecule has 0 amide bonds. The SMILES string of the molecule is CSc1cccc(Sc2nc(=O)c(=O)[nH]n2C)c1C#N. The summed E-state index contributed by atoms with van der Waals surface area (Å²) in [5.41, 5.74) is -1.08. The van der Waals surface area contributed by atoms with Gasteiger partial charge in [0, 0.05) is 16.8 Å². The summed E-state index contributed by atoms with van der Waals surface area (Å²) in [4.78, 5) is 27.7. The topological polar surface area (TPSA) is 91.5 Å². The molecular formula is C12H10N4O2S2. The fourth-order valence-corrected chi connectivity index (χ4v) is 3.08. The Hall–Kier alpha value is -1.98. The van der Waals surface area contributed by atoms with Gasteiger partial charge < -0.3 is 0 Å². The van der Waals surface area contributed by atoms with E-state index in [-0.39, 0.29) is 0 Å². The van der Waals surface area contributed by atoms with Gasteiger partial charge in [0.05, 0.1) is 5.56 Å². The molecule has 20 heavy (non-hydrogen) atoms. The second kappa shape index (κ2) is 5.98. The van der Waals surface area contributed by atoms with Crippen LogP contribution in [0.4, 0.5) is 0 Å². The fraction of sp³-hybridized carbons (Fsp3) is 0.167. The summed E-state index contributed by atoms with van der Waals surface area (Å²) in [7, 11) is 1.58. The molecule has 0 unspecified atom stereocenters. The zero-order valence-corrected chi connectivity index (χ0v) is 12.3. The number of nitriles is 1. The molecule has 2 rings (SSSR count). The highest BCUT2D eigenvalue weighted by Crippen LogP contribution is 2.32. The smallest absolute Gasteiger partial charge is 0.265 e. The van der Waals surface area contributed by atoms with E-state index < -0.39 is 11.1 Å². The van der Waals surface area contributed by atoms with Gasteiger partial charge in [-0.2, -0.15) is 10.2 Å². The molecule has 1 N–H and O–H groups in total. The predicted octanol–water partition coefficient (Wildman–Crippen LogP) is 1.21. The van der Waals surface area contributed by atoms with Crippen LogP contribution in [0.2, 0.25) is 0 Å². The molecule has 1 heterocycles. The van der Waals surface area contributed by atoms with Gasteiger partial charge in [0.15, 0.2) is 5.16 Å². The summed E-state index contributed by atoms with van der Waals surface area (Å²) < 4.78 is 1.36. The van der Waals surface area contributed by atoms with Crippen molar-refractivity contribution in [2.45, 2.75) is 14.9 Å². The third-order valence-corrected chi connectivity index (χ3v) is 4.36. The number of benzene rings is 1.